The molecule has 6 nitrogen and oxygen atoms in total. The predicted molar refractivity (Wildman–Crippen MR) is 87.9 cm³/mol. The van der Waals surface area contributed by atoms with Crippen LogP contribution in [0.1, 0.15) is 21.6 Å². The normalized spacial score (nSPS) is 11.5. The van der Waals surface area contributed by atoms with Crippen molar-refractivity contribution in [3.8, 4) is 0 Å². The van der Waals surface area contributed by atoms with Gasteiger partial charge in [-0.05, 0) is 12.1 Å². The number of anilines is 1. The summed E-state index contributed by atoms with van der Waals surface area (Å²) in [6, 6.07) is 7.87. The predicted octanol–water partition coefficient (Wildman–Crippen LogP) is 3.92. The zero-order valence-electron chi connectivity index (χ0n) is 13.1. The average Bonchev–Trinajstić information content (AvgIpc) is 3.02. The Kier molecular flexibility index (Phi) is 4.37. The maximum atomic E-state index is 12.6. The van der Waals surface area contributed by atoms with E-state index in [0.717, 1.165) is 12.3 Å². The van der Waals surface area contributed by atoms with Gasteiger partial charge in [0, 0.05) is 28.4 Å². The number of halogens is 3. The molecular formula is C17H12F3N3O3. The number of carboxylic acid groups (broad SMARTS) is 1. The first-order valence-electron chi connectivity index (χ1n) is 7.36. The van der Waals surface area contributed by atoms with Crippen LogP contribution in [0.2, 0.25) is 0 Å². The third-order valence-corrected chi connectivity index (χ3v) is 3.62. The van der Waals surface area contributed by atoms with Gasteiger partial charge < -0.3 is 14.8 Å². The molecule has 0 aliphatic rings. The molecule has 9 heteroatoms. The van der Waals surface area contributed by atoms with Crippen molar-refractivity contribution in [2.45, 2.75) is 6.18 Å². The molecule has 26 heavy (non-hydrogen) atoms. The Labute approximate surface area is 144 Å². The fourth-order valence-corrected chi connectivity index (χ4v) is 2.43. The molecule has 0 unspecified atom stereocenters. The van der Waals surface area contributed by atoms with Crippen LogP contribution in [0, 0.1) is 5.41 Å². The first-order chi connectivity index (χ1) is 12.3. The van der Waals surface area contributed by atoms with Crippen molar-refractivity contribution in [2.24, 2.45) is 0 Å². The fraction of sp³-hybridized carbons (Fsp3) is 0.118. The lowest BCUT2D eigenvalue weighted by Gasteiger charge is -2.14. The second-order valence-corrected chi connectivity index (χ2v) is 5.41. The first kappa shape index (κ1) is 17.5. The van der Waals surface area contributed by atoms with Gasteiger partial charge in [-0.15, -0.1) is 0 Å². The van der Waals surface area contributed by atoms with Gasteiger partial charge in [0.25, 0.3) is 0 Å². The Morgan fingerprint density at radius 1 is 1.27 bits per heavy atom. The number of nitrogens with one attached hydrogen (secondary N) is 2. The topological polar surface area (TPSA) is 99.2 Å². The standard InChI is InChI=1S/C17H12F3N3O3/c18-17(19,20)8-23-12-5-13(16(24)25)22-6-10(12)15(21)11-7-26-14-4-2-1-3-9(11)14/h1-7,21H,8H2,(H,22,23)(H,24,25). The van der Waals surface area contributed by atoms with Crippen molar-refractivity contribution < 1.29 is 27.5 Å². The molecule has 0 atom stereocenters. The molecule has 134 valence electrons. The Balaban J connectivity index is 2.05. The maximum absolute atomic E-state index is 12.6. The minimum atomic E-state index is -4.51. The Morgan fingerprint density at radius 3 is 2.69 bits per heavy atom. The molecule has 2 aromatic heterocycles. The molecule has 0 spiro atoms. The van der Waals surface area contributed by atoms with Crippen molar-refractivity contribution >= 4 is 28.3 Å². The van der Waals surface area contributed by atoms with Gasteiger partial charge in [0.2, 0.25) is 0 Å². The maximum Gasteiger partial charge on any atom is 0.405 e. The number of alkyl halides is 3. The molecule has 1 aromatic carbocycles. The van der Waals surface area contributed by atoms with Crippen LogP contribution in [0.25, 0.3) is 11.0 Å². The molecule has 0 saturated heterocycles. The van der Waals surface area contributed by atoms with Crippen molar-refractivity contribution in [3.05, 3.63) is 59.6 Å². The van der Waals surface area contributed by atoms with Crippen LogP contribution in [0.3, 0.4) is 0 Å². The van der Waals surface area contributed by atoms with Gasteiger partial charge in [-0.2, -0.15) is 13.2 Å². The molecule has 0 aliphatic carbocycles. The molecule has 2 heterocycles. The highest BCUT2D eigenvalue weighted by Gasteiger charge is 2.28. The zero-order valence-corrected chi connectivity index (χ0v) is 13.1. The van der Waals surface area contributed by atoms with Gasteiger partial charge in [-0.3, -0.25) is 5.41 Å². The number of fused-ring (bicyclic) bond motifs is 1. The second-order valence-electron chi connectivity index (χ2n) is 5.41. The molecule has 3 rings (SSSR count). The summed E-state index contributed by atoms with van der Waals surface area (Å²) >= 11 is 0. The van der Waals surface area contributed by atoms with E-state index in [0.29, 0.717) is 16.5 Å². The fourth-order valence-electron chi connectivity index (χ4n) is 2.43. The minimum Gasteiger partial charge on any atom is -0.477 e. The lowest BCUT2D eigenvalue weighted by molar-refractivity contribution is -0.115. The third-order valence-electron chi connectivity index (χ3n) is 3.62. The summed E-state index contributed by atoms with van der Waals surface area (Å²) in [6.45, 7) is -1.37. The molecule has 0 fully saturated rings. The van der Waals surface area contributed by atoms with Gasteiger partial charge in [-0.25, -0.2) is 9.78 Å². The van der Waals surface area contributed by atoms with E-state index >= 15 is 0 Å². The Hall–Kier alpha value is -3.36. The number of aromatic carboxylic acids is 1. The molecule has 0 bridgehead atoms. The van der Waals surface area contributed by atoms with Gasteiger partial charge in [-0.1, -0.05) is 18.2 Å². The second kappa shape index (κ2) is 6.51. The Morgan fingerprint density at radius 2 is 2.00 bits per heavy atom. The van der Waals surface area contributed by atoms with Crippen LogP contribution in [0.4, 0.5) is 18.9 Å². The number of carboxylic acids is 1. The van der Waals surface area contributed by atoms with Crippen molar-refractivity contribution in [3.63, 3.8) is 0 Å². The summed E-state index contributed by atoms with van der Waals surface area (Å²) < 4.78 is 43.0. The highest BCUT2D eigenvalue weighted by atomic mass is 19.4. The molecular weight excluding hydrogens is 351 g/mol. The van der Waals surface area contributed by atoms with Crippen LogP contribution in [0.15, 0.2) is 47.2 Å². The van der Waals surface area contributed by atoms with E-state index in [1.54, 1.807) is 24.3 Å². The van der Waals surface area contributed by atoms with Crippen LogP contribution >= 0.6 is 0 Å². The number of hydrogen-bond acceptors (Lipinski definition) is 5. The third kappa shape index (κ3) is 3.51. The summed E-state index contributed by atoms with van der Waals surface area (Å²) in [5.74, 6) is -1.38. The van der Waals surface area contributed by atoms with Crippen LogP contribution < -0.4 is 5.32 Å². The number of aromatic nitrogens is 1. The summed E-state index contributed by atoms with van der Waals surface area (Å²) in [6.07, 6.45) is -2.12. The SMILES string of the molecule is N=C(c1cnc(C(=O)O)cc1NCC(F)(F)F)c1coc2ccccc12. The smallest absolute Gasteiger partial charge is 0.405 e. The van der Waals surface area contributed by atoms with Crippen molar-refractivity contribution in [1.82, 2.24) is 4.98 Å². The number of para-hydroxylation sites is 1. The van der Waals surface area contributed by atoms with E-state index < -0.39 is 24.4 Å². The van der Waals surface area contributed by atoms with Crippen LogP contribution in [-0.2, 0) is 0 Å². The number of nitrogens with zero attached hydrogens (tertiary/aromatic N) is 1. The zero-order chi connectivity index (χ0) is 18.9. The van der Waals surface area contributed by atoms with Crippen LogP contribution in [0.5, 0.6) is 0 Å². The van der Waals surface area contributed by atoms with E-state index in [-0.39, 0.29) is 17.0 Å². The van der Waals surface area contributed by atoms with Crippen molar-refractivity contribution in [2.75, 3.05) is 11.9 Å². The number of benzene rings is 1. The summed E-state index contributed by atoms with van der Waals surface area (Å²) in [5.41, 5.74) is 0.204. The number of furan rings is 1. The van der Waals surface area contributed by atoms with Gasteiger partial charge in [0.05, 0.1) is 5.71 Å². The van der Waals surface area contributed by atoms with E-state index in [4.69, 9.17) is 14.9 Å². The molecule has 3 aromatic rings. The van der Waals surface area contributed by atoms with E-state index in [9.17, 15) is 18.0 Å². The highest BCUT2D eigenvalue weighted by Crippen LogP contribution is 2.27. The van der Waals surface area contributed by atoms with Gasteiger partial charge in [0.1, 0.15) is 24.1 Å². The molecule has 0 aliphatic heterocycles. The average molecular weight is 363 g/mol. The largest absolute Gasteiger partial charge is 0.477 e. The molecule has 0 radical (unpaired) electrons. The number of carbonyl (C=O) groups is 1. The quantitative estimate of drug-likeness (QED) is 0.597. The lowest BCUT2D eigenvalue weighted by Crippen LogP contribution is -2.23. The highest BCUT2D eigenvalue weighted by molar-refractivity contribution is 6.19. The minimum absolute atomic E-state index is 0.0332. The van der Waals surface area contributed by atoms with Gasteiger partial charge in [0.15, 0.2) is 0 Å². The summed E-state index contributed by atoms with van der Waals surface area (Å²) in [5, 5.41) is 20.1. The van der Waals surface area contributed by atoms with Crippen LogP contribution in [-0.4, -0.2) is 34.5 Å². The number of pyridine rings is 1. The lowest BCUT2D eigenvalue weighted by atomic mass is 10.0. The van der Waals surface area contributed by atoms with E-state index in [1.165, 1.54) is 6.26 Å². The van der Waals surface area contributed by atoms with E-state index in [2.05, 4.69) is 10.3 Å². The monoisotopic (exact) mass is 363 g/mol. The first-order valence-corrected chi connectivity index (χ1v) is 7.36. The molecule has 0 amide bonds. The number of hydrogen-bond donors (Lipinski definition) is 3. The summed E-state index contributed by atoms with van der Waals surface area (Å²) in [4.78, 5) is 14.8. The summed E-state index contributed by atoms with van der Waals surface area (Å²) in [7, 11) is 0. The molecule has 3 N–H and O–H groups in total. The molecule has 0 saturated carbocycles. The van der Waals surface area contributed by atoms with Gasteiger partial charge >= 0.3 is 12.1 Å². The number of rotatable bonds is 5. The Bertz CT molecular complexity index is 996. The van der Waals surface area contributed by atoms with E-state index in [1.807, 2.05) is 0 Å². The van der Waals surface area contributed by atoms with Crippen molar-refractivity contribution in [1.29, 1.82) is 5.41 Å².